The third-order valence-electron chi connectivity index (χ3n) is 2.13. The molecule has 0 spiro atoms. The molecular formula is C9H11N5. The maximum atomic E-state index is 5.81. The Morgan fingerprint density at radius 3 is 2.64 bits per heavy atom. The van der Waals surface area contributed by atoms with E-state index in [-0.39, 0.29) is 0 Å². The van der Waals surface area contributed by atoms with Crippen molar-refractivity contribution in [1.29, 1.82) is 0 Å². The van der Waals surface area contributed by atoms with Crippen LogP contribution in [0.1, 0.15) is 11.4 Å². The van der Waals surface area contributed by atoms with E-state index in [0.29, 0.717) is 5.69 Å². The second-order valence-electron chi connectivity index (χ2n) is 3.06. The number of nitrogens with zero attached hydrogens (tertiary/aromatic N) is 4. The summed E-state index contributed by atoms with van der Waals surface area (Å²) < 4.78 is 1.71. The Kier molecular flexibility index (Phi) is 1.92. The first kappa shape index (κ1) is 8.68. The Hall–Kier alpha value is -1.91. The molecule has 5 heteroatoms. The SMILES string of the molecule is Cc1nn(-c2ccncn2)c(C)c1N. The molecule has 0 bridgehead atoms. The molecule has 72 valence electrons. The highest BCUT2D eigenvalue weighted by molar-refractivity contribution is 5.49. The van der Waals surface area contributed by atoms with Crippen molar-refractivity contribution in [1.82, 2.24) is 19.7 Å². The quantitative estimate of drug-likeness (QED) is 0.722. The second kappa shape index (κ2) is 3.10. The topological polar surface area (TPSA) is 69.6 Å². The number of aryl methyl sites for hydroxylation is 1. The molecule has 2 aromatic rings. The molecule has 2 heterocycles. The molecule has 2 N–H and O–H groups in total. The lowest BCUT2D eigenvalue weighted by atomic mass is 10.3. The molecule has 0 radical (unpaired) electrons. The Balaban J connectivity index is 2.58. The maximum absolute atomic E-state index is 5.81. The summed E-state index contributed by atoms with van der Waals surface area (Å²) in [5.74, 6) is 0.734. The molecule has 14 heavy (non-hydrogen) atoms. The van der Waals surface area contributed by atoms with Crippen molar-refractivity contribution in [2.45, 2.75) is 13.8 Å². The van der Waals surface area contributed by atoms with Crippen molar-refractivity contribution in [2.75, 3.05) is 5.73 Å². The van der Waals surface area contributed by atoms with E-state index in [0.717, 1.165) is 17.2 Å². The van der Waals surface area contributed by atoms with Gasteiger partial charge in [-0.05, 0) is 13.8 Å². The Morgan fingerprint density at radius 1 is 1.36 bits per heavy atom. The number of nitrogen functional groups attached to an aromatic ring is 1. The fourth-order valence-electron chi connectivity index (χ4n) is 1.29. The summed E-state index contributed by atoms with van der Waals surface area (Å²) in [4.78, 5) is 7.94. The molecule has 0 fully saturated rings. The summed E-state index contributed by atoms with van der Waals surface area (Å²) in [5.41, 5.74) is 8.25. The van der Waals surface area contributed by atoms with Gasteiger partial charge in [-0.3, -0.25) is 0 Å². The van der Waals surface area contributed by atoms with Crippen LogP contribution < -0.4 is 5.73 Å². The van der Waals surface area contributed by atoms with Crippen molar-refractivity contribution < 1.29 is 0 Å². The van der Waals surface area contributed by atoms with Crippen molar-refractivity contribution in [3.63, 3.8) is 0 Å². The highest BCUT2D eigenvalue weighted by Gasteiger charge is 2.09. The van der Waals surface area contributed by atoms with Crippen LogP contribution >= 0.6 is 0 Å². The minimum atomic E-state index is 0.712. The van der Waals surface area contributed by atoms with Gasteiger partial charge in [0.25, 0.3) is 0 Å². The predicted molar refractivity (Wildman–Crippen MR) is 53.0 cm³/mol. The Labute approximate surface area is 81.6 Å². The van der Waals surface area contributed by atoms with E-state index in [1.165, 1.54) is 6.33 Å². The minimum absolute atomic E-state index is 0.712. The highest BCUT2D eigenvalue weighted by atomic mass is 15.3. The number of rotatable bonds is 1. The molecule has 0 atom stereocenters. The van der Waals surface area contributed by atoms with Crippen LogP contribution in [0.3, 0.4) is 0 Å². The normalized spacial score (nSPS) is 10.4. The standard InChI is InChI=1S/C9H11N5/c1-6-9(10)7(2)14(13-6)8-3-4-11-5-12-8/h3-5H,10H2,1-2H3. The zero-order valence-electron chi connectivity index (χ0n) is 8.10. The summed E-state index contributed by atoms with van der Waals surface area (Å²) in [5, 5.41) is 4.28. The molecule has 0 amide bonds. The highest BCUT2D eigenvalue weighted by Crippen LogP contribution is 2.17. The van der Waals surface area contributed by atoms with E-state index < -0.39 is 0 Å². The molecule has 0 aromatic carbocycles. The molecule has 0 saturated heterocycles. The fraction of sp³-hybridized carbons (Fsp3) is 0.222. The number of anilines is 1. The van der Waals surface area contributed by atoms with Gasteiger partial charge in [0.2, 0.25) is 0 Å². The molecule has 0 aliphatic heterocycles. The van der Waals surface area contributed by atoms with Crippen molar-refractivity contribution >= 4 is 5.69 Å². The Bertz CT molecular complexity index is 446. The van der Waals surface area contributed by atoms with Crippen LogP contribution in [-0.4, -0.2) is 19.7 Å². The minimum Gasteiger partial charge on any atom is -0.396 e. The van der Waals surface area contributed by atoms with Gasteiger partial charge >= 0.3 is 0 Å². The van der Waals surface area contributed by atoms with Gasteiger partial charge in [-0.25, -0.2) is 14.6 Å². The van der Waals surface area contributed by atoms with E-state index in [4.69, 9.17) is 5.73 Å². The van der Waals surface area contributed by atoms with Crippen molar-refractivity contribution in [3.8, 4) is 5.82 Å². The molecule has 2 rings (SSSR count). The van der Waals surface area contributed by atoms with Gasteiger partial charge < -0.3 is 5.73 Å². The van der Waals surface area contributed by atoms with Crippen LogP contribution in [0, 0.1) is 13.8 Å². The van der Waals surface area contributed by atoms with Crippen molar-refractivity contribution in [3.05, 3.63) is 30.0 Å². The zero-order valence-corrected chi connectivity index (χ0v) is 8.10. The fourth-order valence-corrected chi connectivity index (χ4v) is 1.29. The van der Waals surface area contributed by atoms with Gasteiger partial charge in [0.05, 0.1) is 17.1 Å². The number of hydrogen-bond donors (Lipinski definition) is 1. The van der Waals surface area contributed by atoms with Crippen LogP contribution in [0.2, 0.25) is 0 Å². The summed E-state index contributed by atoms with van der Waals surface area (Å²) in [6.07, 6.45) is 3.16. The third-order valence-corrected chi connectivity index (χ3v) is 2.13. The first-order valence-electron chi connectivity index (χ1n) is 4.28. The van der Waals surface area contributed by atoms with Gasteiger partial charge in [0, 0.05) is 12.3 Å². The summed E-state index contributed by atoms with van der Waals surface area (Å²) in [7, 11) is 0. The number of hydrogen-bond acceptors (Lipinski definition) is 4. The molecule has 0 unspecified atom stereocenters. The first-order valence-corrected chi connectivity index (χ1v) is 4.28. The van der Waals surface area contributed by atoms with Gasteiger partial charge in [0.1, 0.15) is 6.33 Å². The number of nitrogens with two attached hydrogens (primary N) is 1. The average molecular weight is 189 g/mol. The van der Waals surface area contributed by atoms with Gasteiger partial charge in [-0.2, -0.15) is 5.10 Å². The van der Waals surface area contributed by atoms with E-state index in [1.54, 1.807) is 16.9 Å². The second-order valence-corrected chi connectivity index (χ2v) is 3.06. The van der Waals surface area contributed by atoms with E-state index in [2.05, 4.69) is 15.1 Å². The largest absolute Gasteiger partial charge is 0.396 e. The third kappa shape index (κ3) is 1.22. The smallest absolute Gasteiger partial charge is 0.157 e. The number of aromatic nitrogens is 4. The van der Waals surface area contributed by atoms with Crippen LogP contribution in [0.5, 0.6) is 0 Å². The predicted octanol–water partition coefficient (Wildman–Crippen LogP) is 0.861. The van der Waals surface area contributed by atoms with Crippen LogP contribution in [0.4, 0.5) is 5.69 Å². The van der Waals surface area contributed by atoms with Gasteiger partial charge in [-0.15, -0.1) is 0 Å². The van der Waals surface area contributed by atoms with Crippen LogP contribution in [-0.2, 0) is 0 Å². The lowest BCUT2D eigenvalue weighted by molar-refractivity contribution is 0.801. The molecule has 0 aliphatic carbocycles. The molecule has 0 saturated carbocycles. The summed E-state index contributed by atoms with van der Waals surface area (Å²) in [6, 6.07) is 1.79. The Morgan fingerprint density at radius 2 is 2.14 bits per heavy atom. The van der Waals surface area contributed by atoms with Crippen molar-refractivity contribution in [2.24, 2.45) is 0 Å². The zero-order chi connectivity index (χ0) is 10.1. The average Bonchev–Trinajstić information content (AvgIpc) is 2.47. The van der Waals surface area contributed by atoms with E-state index in [9.17, 15) is 0 Å². The first-order chi connectivity index (χ1) is 6.70. The van der Waals surface area contributed by atoms with E-state index in [1.807, 2.05) is 13.8 Å². The van der Waals surface area contributed by atoms with Crippen LogP contribution in [0.25, 0.3) is 5.82 Å². The molecule has 5 nitrogen and oxygen atoms in total. The monoisotopic (exact) mass is 189 g/mol. The van der Waals surface area contributed by atoms with Gasteiger partial charge in [-0.1, -0.05) is 0 Å². The lowest BCUT2D eigenvalue weighted by Gasteiger charge is -2.01. The lowest BCUT2D eigenvalue weighted by Crippen LogP contribution is -2.02. The molecule has 0 aliphatic rings. The maximum Gasteiger partial charge on any atom is 0.157 e. The molecular weight excluding hydrogens is 178 g/mol. The summed E-state index contributed by atoms with van der Waals surface area (Å²) >= 11 is 0. The molecule has 2 aromatic heterocycles. The van der Waals surface area contributed by atoms with Crippen LogP contribution in [0.15, 0.2) is 18.6 Å². The van der Waals surface area contributed by atoms with E-state index >= 15 is 0 Å². The van der Waals surface area contributed by atoms with Gasteiger partial charge in [0.15, 0.2) is 5.82 Å². The summed E-state index contributed by atoms with van der Waals surface area (Å²) in [6.45, 7) is 3.79.